The molecule has 0 aliphatic rings. The van der Waals surface area contributed by atoms with Gasteiger partial charge in [-0.3, -0.25) is 4.79 Å². The number of benzene rings is 1. The molecule has 1 atom stereocenters. The van der Waals surface area contributed by atoms with Crippen LogP contribution in [0, 0.1) is 17.8 Å². The van der Waals surface area contributed by atoms with Crippen LogP contribution in [0.3, 0.4) is 0 Å². The number of hydrogen-bond acceptors (Lipinski definition) is 3. The summed E-state index contributed by atoms with van der Waals surface area (Å²) in [6.07, 6.45) is 0. The Balaban J connectivity index is 2.98. The van der Waals surface area contributed by atoms with Crippen molar-refractivity contribution in [2.45, 2.75) is 26.7 Å². The Morgan fingerprint density at radius 1 is 1.40 bits per heavy atom. The van der Waals surface area contributed by atoms with Crippen LogP contribution in [0.4, 0.5) is 0 Å². The summed E-state index contributed by atoms with van der Waals surface area (Å²) in [5.41, 5.74) is 0.820. The van der Waals surface area contributed by atoms with Crippen LogP contribution < -0.4 is 4.74 Å². The first-order chi connectivity index (χ1) is 9.51. The molecule has 0 N–H and O–H groups in total. The molecule has 3 nitrogen and oxygen atoms in total. The minimum absolute atomic E-state index is 0.0987. The van der Waals surface area contributed by atoms with Crippen LogP contribution in [-0.2, 0) is 9.53 Å². The Morgan fingerprint density at radius 2 is 2.10 bits per heavy atom. The number of carbonyl (C=O) groups is 1. The number of rotatable bonds is 5. The van der Waals surface area contributed by atoms with Gasteiger partial charge in [-0.15, -0.1) is 5.92 Å². The largest absolute Gasteiger partial charge is 0.495 e. The zero-order valence-electron chi connectivity index (χ0n) is 12.2. The van der Waals surface area contributed by atoms with Gasteiger partial charge in [0.2, 0.25) is 0 Å². The van der Waals surface area contributed by atoms with Crippen LogP contribution in [0.5, 0.6) is 5.75 Å². The van der Waals surface area contributed by atoms with Crippen LogP contribution in [-0.4, -0.2) is 19.7 Å². The van der Waals surface area contributed by atoms with E-state index in [0.29, 0.717) is 10.8 Å². The van der Waals surface area contributed by atoms with E-state index in [2.05, 4.69) is 11.8 Å². The summed E-state index contributed by atoms with van der Waals surface area (Å²) in [5, 5.41) is 0.483. The zero-order chi connectivity index (χ0) is 15.1. The lowest BCUT2D eigenvalue weighted by Gasteiger charge is -2.20. The van der Waals surface area contributed by atoms with E-state index >= 15 is 0 Å². The average molecular weight is 295 g/mol. The number of esters is 1. The third-order valence-electron chi connectivity index (χ3n) is 2.92. The van der Waals surface area contributed by atoms with Crippen LogP contribution in [0.2, 0.25) is 5.02 Å². The van der Waals surface area contributed by atoms with E-state index in [9.17, 15) is 4.79 Å². The fraction of sp³-hybridized carbons (Fsp3) is 0.438. The molecule has 0 spiro atoms. The third-order valence-corrected chi connectivity index (χ3v) is 3.21. The molecule has 1 aromatic carbocycles. The van der Waals surface area contributed by atoms with Gasteiger partial charge in [0.15, 0.2) is 6.61 Å². The minimum atomic E-state index is -0.364. The summed E-state index contributed by atoms with van der Waals surface area (Å²) in [6.45, 7) is 5.75. The van der Waals surface area contributed by atoms with Crippen LogP contribution in [0.15, 0.2) is 18.2 Å². The van der Waals surface area contributed by atoms with Gasteiger partial charge >= 0.3 is 5.97 Å². The zero-order valence-corrected chi connectivity index (χ0v) is 13.0. The molecule has 0 amide bonds. The monoisotopic (exact) mass is 294 g/mol. The molecule has 0 fully saturated rings. The van der Waals surface area contributed by atoms with Gasteiger partial charge in [0, 0.05) is 0 Å². The molecule has 0 aliphatic carbocycles. The molecule has 0 heterocycles. The van der Waals surface area contributed by atoms with Crippen molar-refractivity contribution in [1.29, 1.82) is 0 Å². The van der Waals surface area contributed by atoms with Crippen LogP contribution >= 0.6 is 11.6 Å². The third kappa shape index (κ3) is 4.18. The van der Waals surface area contributed by atoms with Crippen LogP contribution in [0.25, 0.3) is 0 Å². The minimum Gasteiger partial charge on any atom is -0.495 e. The van der Waals surface area contributed by atoms with E-state index in [0.717, 1.165) is 5.56 Å². The van der Waals surface area contributed by atoms with E-state index in [-0.39, 0.29) is 24.4 Å². The number of carbonyl (C=O) groups excluding carboxylic acids is 1. The molecule has 1 unspecified atom stereocenters. The Morgan fingerprint density at radius 3 is 2.60 bits per heavy atom. The van der Waals surface area contributed by atoms with Crippen molar-refractivity contribution < 1.29 is 14.3 Å². The number of hydrogen-bond donors (Lipinski definition) is 0. The fourth-order valence-electron chi connectivity index (χ4n) is 1.94. The highest BCUT2D eigenvalue weighted by Gasteiger charge is 2.26. The second kappa shape index (κ2) is 7.81. The SMILES string of the molecule is CC#CCOC(=O)C(c1ccc(OC)c(Cl)c1)C(C)C. The van der Waals surface area contributed by atoms with E-state index in [1.54, 1.807) is 26.2 Å². The predicted octanol–water partition coefficient (Wildman–Crippen LogP) is 3.65. The molecular formula is C16H19ClO3. The fourth-order valence-corrected chi connectivity index (χ4v) is 2.20. The van der Waals surface area contributed by atoms with Gasteiger partial charge in [-0.1, -0.05) is 37.4 Å². The summed E-state index contributed by atoms with van der Waals surface area (Å²) in [5.74, 6) is 5.44. The molecule has 0 saturated carbocycles. The van der Waals surface area contributed by atoms with E-state index in [1.165, 1.54) is 0 Å². The standard InChI is InChI=1S/C16H19ClO3/c1-5-6-9-20-16(18)15(11(2)3)12-7-8-14(19-4)13(17)10-12/h7-8,10-11,15H,9H2,1-4H3. The Kier molecular flexibility index (Phi) is 6.41. The lowest BCUT2D eigenvalue weighted by molar-refractivity contribution is -0.145. The first-order valence-corrected chi connectivity index (χ1v) is 6.78. The lowest BCUT2D eigenvalue weighted by atomic mass is 9.88. The smallest absolute Gasteiger partial charge is 0.314 e. The van der Waals surface area contributed by atoms with Gasteiger partial charge in [0.25, 0.3) is 0 Å². The topological polar surface area (TPSA) is 35.5 Å². The van der Waals surface area contributed by atoms with E-state index in [4.69, 9.17) is 21.1 Å². The highest BCUT2D eigenvalue weighted by molar-refractivity contribution is 6.32. The summed E-state index contributed by atoms with van der Waals surface area (Å²) >= 11 is 6.11. The van der Waals surface area contributed by atoms with Crippen molar-refractivity contribution in [3.63, 3.8) is 0 Å². The Labute approximate surface area is 125 Å². The lowest BCUT2D eigenvalue weighted by Crippen LogP contribution is -2.21. The second-order valence-electron chi connectivity index (χ2n) is 4.65. The molecule has 0 aromatic heterocycles. The van der Waals surface area contributed by atoms with Gasteiger partial charge in [0.1, 0.15) is 5.75 Å². The maximum atomic E-state index is 12.2. The van der Waals surface area contributed by atoms with Crippen molar-refractivity contribution >= 4 is 17.6 Å². The molecule has 1 aromatic rings. The maximum Gasteiger partial charge on any atom is 0.314 e. The molecule has 20 heavy (non-hydrogen) atoms. The molecule has 108 valence electrons. The first kappa shape index (κ1) is 16.4. The predicted molar refractivity (Wildman–Crippen MR) is 80.0 cm³/mol. The maximum absolute atomic E-state index is 12.2. The van der Waals surface area contributed by atoms with Crippen molar-refractivity contribution in [1.82, 2.24) is 0 Å². The summed E-state index contributed by atoms with van der Waals surface area (Å²) in [6, 6.07) is 5.34. The number of ether oxygens (including phenoxy) is 2. The summed E-state index contributed by atoms with van der Waals surface area (Å²) in [4.78, 5) is 12.2. The Bertz CT molecular complexity index is 526. The highest BCUT2D eigenvalue weighted by Crippen LogP contribution is 2.32. The van der Waals surface area contributed by atoms with E-state index in [1.807, 2.05) is 19.9 Å². The Hall–Kier alpha value is -1.66. The van der Waals surface area contributed by atoms with Crippen LogP contribution in [0.1, 0.15) is 32.3 Å². The molecule has 0 radical (unpaired) electrons. The molecule has 0 saturated heterocycles. The van der Waals surface area contributed by atoms with Crippen molar-refractivity contribution in [3.05, 3.63) is 28.8 Å². The molecule has 1 rings (SSSR count). The van der Waals surface area contributed by atoms with E-state index < -0.39 is 0 Å². The van der Waals surface area contributed by atoms with Crippen molar-refractivity contribution in [2.24, 2.45) is 5.92 Å². The van der Waals surface area contributed by atoms with Gasteiger partial charge in [-0.25, -0.2) is 0 Å². The molecular weight excluding hydrogens is 276 g/mol. The second-order valence-corrected chi connectivity index (χ2v) is 5.06. The molecule has 4 heteroatoms. The van der Waals surface area contributed by atoms with Crippen molar-refractivity contribution in [2.75, 3.05) is 13.7 Å². The summed E-state index contributed by atoms with van der Waals surface area (Å²) < 4.78 is 10.3. The van der Waals surface area contributed by atoms with Gasteiger partial charge in [0.05, 0.1) is 18.1 Å². The van der Waals surface area contributed by atoms with Crippen molar-refractivity contribution in [3.8, 4) is 17.6 Å². The highest BCUT2D eigenvalue weighted by atomic mass is 35.5. The first-order valence-electron chi connectivity index (χ1n) is 6.41. The number of halogens is 1. The molecule has 0 bridgehead atoms. The molecule has 0 aliphatic heterocycles. The average Bonchev–Trinajstić information content (AvgIpc) is 2.39. The quantitative estimate of drug-likeness (QED) is 0.614. The number of methoxy groups -OCH3 is 1. The van der Waals surface area contributed by atoms with Gasteiger partial charge in [-0.2, -0.15) is 0 Å². The van der Waals surface area contributed by atoms with Gasteiger partial charge < -0.3 is 9.47 Å². The normalized spacial score (nSPS) is 11.5. The summed E-state index contributed by atoms with van der Waals surface area (Å²) in [7, 11) is 1.55. The van der Waals surface area contributed by atoms with Gasteiger partial charge in [-0.05, 0) is 30.5 Å².